The molecular formula is C19H18N4O3S. The van der Waals surface area contributed by atoms with Gasteiger partial charge in [0, 0.05) is 17.0 Å². The average Bonchev–Trinajstić information content (AvgIpc) is 3.24. The van der Waals surface area contributed by atoms with E-state index >= 15 is 0 Å². The predicted octanol–water partition coefficient (Wildman–Crippen LogP) is 3.64. The minimum Gasteiger partial charge on any atom is -0.443 e. The SMILES string of the molecule is CC(C)(C)OC(=O)n1cc(C(=O)c2nc(C(N)C#N)cs2)c2ccccc21. The molecule has 0 fully saturated rings. The van der Waals surface area contributed by atoms with Crippen molar-refractivity contribution >= 4 is 34.1 Å². The number of hydrogen-bond donors (Lipinski definition) is 1. The summed E-state index contributed by atoms with van der Waals surface area (Å²) in [4.78, 5) is 29.7. The molecule has 1 aromatic carbocycles. The van der Waals surface area contributed by atoms with Crippen LogP contribution in [-0.2, 0) is 4.74 Å². The molecule has 3 aromatic rings. The Morgan fingerprint density at radius 3 is 2.70 bits per heavy atom. The summed E-state index contributed by atoms with van der Waals surface area (Å²) in [6.45, 7) is 5.33. The maximum absolute atomic E-state index is 13.0. The molecule has 27 heavy (non-hydrogen) atoms. The van der Waals surface area contributed by atoms with Gasteiger partial charge in [0.1, 0.15) is 11.6 Å². The van der Waals surface area contributed by atoms with Crippen LogP contribution in [-0.4, -0.2) is 27.0 Å². The molecule has 8 heteroatoms. The summed E-state index contributed by atoms with van der Waals surface area (Å²) in [5, 5.41) is 11.3. The van der Waals surface area contributed by atoms with E-state index in [0.29, 0.717) is 22.2 Å². The second-order valence-corrected chi connectivity index (χ2v) is 7.78. The molecule has 0 radical (unpaired) electrons. The number of benzene rings is 1. The molecule has 2 N–H and O–H groups in total. The minimum absolute atomic E-state index is 0.211. The van der Waals surface area contributed by atoms with Crippen molar-refractivity contribution < 1.29 is 14.3 Å². The maximum Gasteiger partial charge on any atom is 0.419 e. The Morgan fingerprint density at radius 1 is 1.33 bits per heavy atom. The first-order valence-corrected chi connectivity index (χ1v) is 9.08. The van der Waals surface area contributed by atoms with Crippen molar-refractivity contribution in [2.75, 3.05) is 0 Å². The molecule has 7 nitrogen and oxygen atoms in total. The fourth-order valence-corrected chi connectivity index (χ4v) is 3.34. The van der Waals surface area contributed by atoms with E-state index in [-0.39, 0.29) is 10.8 Å². The Hall–Kier alpha value is -3.02. The van der Waals surface area contributed by atoms with Gasteiger partial charge in [0.15, 0.2) is 5.01 Å². The van der Waals surface area contributed by atoms with E-state index in [0.717, 1.165) is 11.3 Å². The number of ketones is 1. The van der Waals surface area contributed by atoms with Gasteiger partial charge in [-0.25, -0.2) is 9.78 Å². The van der Waals surface area contributed by atoms with E-state index in [4.69, 9.17) is 15.7 Å². The van der Waals surface area contributed by atoms with Gasteiger partial charge in [0.2, 0.25) is 5.78 Å². The fourth-order valence-electron chi connectivity index (χ4n) is 2.54. The number of thiazole rings is 1. The van der Waals surface area contributed by atoms with E-state index in [9.17, 15) is 9.59 Å². The third kappa shape index (κ3) is 3.74. The summed E-state index contributed by atoms with van der Waals surface area (Å²) in [6, 6.07) is 8.09. The number of carbonyl (C=O) groups is 2. The Morgan fingerprint density at radius 2 is 2.04 bits per heavy atom. The molecule has 2 heterocycles. The first-order valence-electron chi connectivity index (χ1n) is 8.20. The topological polar surface area (TPSA) is 111 Å². The second-order valence-electron chi connectivity index (χ2n) is 6.92. The molecule has 0 aliphatic heterocycles. The molecule has 0 saturated heterocycles. The zero-order valence-corrected chi connectivity index (χ0v) is 15.9. The zero-order valence-electron chi connectivity index (χ0n) is 15.1. The Kier molecular flexibility index (Phi) is 4.83. The van der Waals surface area contributed by atoms with Gasteiger partial charge in [0.25, 0.3) is 0 Å². The minimum atomic E-state index is -0.883. The molecular weight excluding hydrogens is 364 g/mol. The molecule has 0 saturated carbocycles. The Balaban J connectivity index is 2.05. The molecule has 1 unspecified atom stereocenters. The molecule has 3 rings (SSSR count). The lowest BCUT2D eigenvalue weighted by Gasteiger charge is -2.19. The number of carbonyl (C=O) groups excluding carboxylic acids is 2. The molecule has 138 valence electrons. The number of nitrogens with zero attached hydrogens (tertiary/aromatic N) is 3. The molecule has 1 atom stereocenters. The Labute approximate surface area is 160 Å². The van der Waals surface area contributed by atoms with Crippen LogP contribution in [0.4, 0.5) is 4.79 Å². The molecule has 0 spiro atoms. The number of fused-ring (bicyclic) bond motifs is 1. The number of aromatic nitrogens is 2. The third-order valence-electron chi connectivity index (χ3n) is 3.72. The quantitative estimate of drug-likeness (QED) is 0.692. The van der Waals surface area contributed by atoms with E-state index in [1.807, 2.05) is 6.07 Å². The van der Waals surface area contributed by atoms with Crippen molar-refractivity contribution in [3.8, 4) is 6.07 Å². The van der Waals surface area contributed by atoms with Gasteiger partial charge in [-0.15, -0.1) is 11.3 Å². The smallest absolute Gasteiger partial charge is 0.419 e. The molecule has 0 amide bonds. The monoisotopic (exact) mass is 382 g/mol. The van der Waals surface area contributed by atoms with E-state index in [1.165, 1.54) is 10.8 Å². The van der Waals surface area contributed by atoms with Crippen LogP contribution < -0.4 is 5.73 Å². The summed E-state index contributed by atoms with van der Waals surface area (Å²) in [5.74, 6) is -0.338. The van der Waals surface area contributed by atoms with Crippen LogP contribution in [0.5, 0.6) is 0 Å². The summed E-state index contributed by atoms with van der Waals surface area (Å²) in [5.41, 5.74) is 6.24. The average molecular weight is 382 g/mol. The van der Waals surface area contributed by atoms with Gasteiger partial charge < -0.3 is 10.5 Å². The lowest BCUT2D eigenvalue weighted by molar-refractivity contribution is 0.0544. The molecule has 0 aliphatic carbocycles. The lowest BCUT2D eigenvalue weighted by atomic mass is 10.1. The van der Waals surface area contributed by atoms with Crippen molar-refractivity contribution in [2.45, 2.75) is 32.4 Å². The van der Waals surface area contributed by atoms with Gasteiger partial charge >= 0.3 is 6.09 Å². The van der Waals surface area contributed by atoms with Gasteiger partial charge in [-0.2, -0.15) is 5.26 Å². The highest BCUT2D eigenvalue weighted by molar-refractivity contribution is 7.12. The zero-order chi connectivity index (χ0) is 19.8. The first-order chi connectivity index (χ1) is 12.7. The predicted molar refractivity (Wildman–Crippen MR) is 102 cm³/mol. The van der Waals surface area contributed by atoms with Crippen LogP contribution in [0.25, 0.3) is 10.9 Å². The van der Waals surface area contributed by atoms with Crippen LogP contribution in [0.2, 0.25) is 0 Å². The van der Waals surface area contributed by atoms with Crippen LogP contribution >= 0.6 is 11.3 Å². The fraction of sp³-hybridized carbons (Fsp3) is 0.263. The standard InChI is InChI=1S/C19H18N4O3S/c1-19(2,3)26-18(25)23-9-12(11-6-4-5-7-15(11)23)16(24)17-22-14(10-27-17)13(21)8-20/h4-7,9-10,13H,21H2,1-3H3. The van der Waals surface area contributed by atoms with Crippen LogP contribution in [0.15, 0.2) is 35.8 Å². The van der Waals surface area contributed by atoms with Crippen molar-refractivity contribution in [2.24, 2.45) is 5.73 Å². The van der Waals surface area contributed by atoms with Crippen LogP contribution in [0, 0.1) is 11.3 Å². The highest BCUT2D eigenvalue weighted by atomic mass is 32.1. The highest BCUT2D eigenvalue weighted by Gasteiger charge is 2.25. The van der Waals surface area contributed by atoms with Gasteiger partial charge in [-0.1, -0.05) is 18.2 Å². The van der Waals surface area contributed by atoms with Crippen molar-refractivity contribution in [3.05, 3.63) is 52.1 Å². The second kappa shape index (κ2) is 6.95. The van der Waals surface area contributed by atoms with Crippen molar-refractivity contribution in [3.63, 3.8) is 0 Å². The molecule has 2 aromatic heterocycles. The number of hydrogen-bond acceptors (Lipinski definition) is 7. The number of ether oxygens (including phenoxy) is 1. The largest absolute Gasteiger partial charge is 0.443 e. The number of para-hydroxylation sites is 1. The number of nitrogens with two attached hydrogens (primary N) is 1. The van der Waals surface area contributed by atoms with Gasteiger partial charge in [-0.05, 0) is 26.8 Å². The Bertz CT molecular complexity index is 1070. The van der Waals surface area contributed by atoms with Crippen molar-refractivity contribution in [1.82, 2.24) is 9.55 Å². The highest BCUT2D eigenvalue weighted by Crippen LogP contribution is 2.26. The normalized spacial score (nSPS) is 12.6. The first kappa shape index (κ1) is 18.8. The third-order valence-corrected chi connectivity index (χ3v) is 4.58. The van der Waals surface area contributed by atoms with Crippen LogP contribution in [0.3, 0.4) is 0 Å². The summed E-state index contributed by atoms with van der Waals surface area (Å²) in [6.07, 6.45) is 0.899. The number of rotatable bonds is 3. The van der Waals surface area contributed by atoms with Crippen molar-refractivity contribution in [1.29, 1.82) is 5.26 Å². The summed E-state index contributed by atoms with van der Waals surface area (Å²) >= 11 is 1.12. The van der Waals surface area contributed by atoms with Crippen LogP contribution in [0.1, 0.15) is 47.9 Å². The summed E-state index contributed by atoms with van der Waals surface area (Å²) in [7, 11) is 0. The molecule has 0 bridgehead atoms. The van der Waals surface area contributed by atoms with E-state index < -0.39 is 17.7 Å². The maximum atomic E-state index is 13.0. The summed E-state index contributed by atoms with van der Waals surface area (Å²) < 4.78 is 6.75. The van der Waals surface area contributed by atoms with E-state index in [2.05, 4.69) is 4.98 Å². The van der Waals surface area contributed by atoms with Gasteiger partial charge in [-0.3, -0.25) is 9.36 Å². The number of nitriles is 1. The van der Waals surface area contributed by atoms with E-state index in [1.54, 1.807) is 50.4 Å². The van der Waals surface area contributed by atoms with Gasteiger partial charge in [0.05, 0.1) is 22.8 Å². The lowest BCUT2D eigenvalue weighted by Crippen LogP contribution is -2.26. The molecule has 0 aliphatic rings.